The summed E-state index contributed by atoms with van der Waals surface area (Å²) in [5, 5.41) is 29.5. The molecule has 0 rings (SSSR count). The molecule has 0 aromatic rings. The predicted molar refractivity (Wildman–Crippen MR) is 94.6 cm³/mol. The van der Waals surface area contributed by atoms with Crippen molar-refractivity contribution in [1.29, 1.82) is 0 Å². The van der Waals surface area contributed by atoms with Crippen molar-refractivity contribution in [2.45, 2.75) is 96.1 Å². The Morgan fingerprint density at radius 1 is 1.08 bits per heavy atom. The molecule has 0 bridgehead atoms. The average Bonchev–Trinajstić information content (AvgIpc) is 2.52. The third kappa shape index (κ3) is 13.0. The number of nitrogens with zero attached hydrogens (tertiary/aromatic N) is 1. The molecule has 2 unspecified atom stereocenters. The second kappa shape index (κ2) is 15.1. The van der Waals surface area contributed by atoms with Crippen molar-refractivity contribution in [2.24, 2.45) is 0 Å². The maximum Gasteiger partial charge on any atom is 0.303 e. The van der Waals surface area contributed by atoms with Crippen LogP contribution in [0.4, 0.5) is 0 Å². The van der Waals surface area contributed by atoms with Crippen molar-refractivity contribution >= 4 is 5.97 Å². The standard InChI is InChI=1S/C18H33NO5/c1-2-3-10-13-16(19(23)24)17(20)14-11-8-6-4-5-7-9-12-15-18(21)22/h8,11,16-17,20H,2-7,9-10,12-15H2,1H3,(H,21,22)/b11-8+. The highest BCUT2D eigenvalue weighted by atomic mass is 16.6. The van der Waals surface area contributed by atoms with E-state index in [2.05, 4.69) is 0 Å². The van der Waals surface area contributed by atoms with Crippen LogP contribution < -0.4 is 0 Å². The molecule has 0 aromatic carbocycles. The Labute approximate surface area is 145 Å². The van der Waals surface area contributed by atoms with Crippen LogP contribution in [0.2, 0.25) is 0 Å². The molecule has 0 spiro atoms. The summed E-state index contributed by atoms with van der Waals surface area (Å²) in [4.78, 5) is 21.0. The van der Waals surface area contributed by atoms with Gasteiger partial charge in [0.15, 0.2) is 0 Å². The molecule has 0 fully saturated rings. The third-order valence-corrected chi connectivity index (χ3v) is 4.12. The highest BCUT2D eigenvalue weighted by molar-refractivity contribution is 5.66. The second-order valence-electron chi connectivity index (χ2n) is 6.32. The number of carboxylic acids is 1. The molecule has 0 saturated carbocycles. The summed E-state index contributed by atoms with van der Waals surface area (Å²) >= 11 is 0. The Bertz CT molecular complexity index is 370. The molecule has 24 heavy (non-hydrogen) atoms. The fourth-order valence-corrected chi connectivity index (χ4v) is 2.62. The number of hydrogen-bond acceptors (Lipinski definition) is 4. The number of allylic oxidation sites excluding steroid dienone is 1. The first-order valence-electron chi connectivity index (χ1n) is 9.17. The summed E-state index contributed by atoms with van der Waals surface area (Å²) in [5.41, 5.74) is 0. The van der Waals surface area contributed by atoms with Gasteiger partial charge in [0.25, 0.3) is 0 Å². The number of carbonyl (C=O) groups is 1. The Morgan fingerprint density at radius 3 is 2.38 bits per heavy atom. The van der Waals surface area contributed by atoms with Gasteiger partial charge in [-0.2, -0.15) is 0 Å². The van der Waals surface area contributed by atoms with Crippen LogP contribution in [-0.4, -0.2) is 33.3 Å². The van der Waals surface area contributed by atoms with Gasteiger partial charge < -0.3 is 10.2 Å². The molecule has 6 nitrogen and oxygen atoms in total. The lowest BCUT2D eigenvalue weighted by atomic mass is 10.0. The van der Waals surface area contributed by atoms with E-state index in [0.717, 1.165) is 57.8 Å². The fraction of sp³-hybridized carbons (Fsp3) is 0.833. The van der Waals surface area contributed by atoms with Crippen LogP contribution in [0.25, 0.3) is 0 Å². The van der Waals surface area contributed by atoms with Gasteiger partial charge in [0.05, 0.1) is 0 Å². The minimum absolute atomic E-state index is 0.244. The maximum absolute atomic E-state index is 11.0. The van der Waals surface area contributed by atoms with Crippen molar-refractivity contribution in [3.63, 3.8) is 0 Å². The van der Waals surface area contributed by atoms with Crippen LogP contribution in [0.5, 0.6) is 0 Å². The van der Waals surface area contributed by atoms with E-state index in [1.165, 1.54) is 0 Å². The molecule has 140 valence electrons. The molecular formula is C18H33NO5. The number of unbranched alkanes of at least 4 members (excludes halogenated alkanes) is 7. The number of carboxylic acid groups (broad SMARTS) is 1. The summed E-state index contributed by atoms with van der Waals surface area (Å²) in [6.45, 7) is 2.05. The van der Waals surface area contributed by atoms with E-state index in [1.54, 1.807) is 0 Å². The normalized spacial score (nSPS) is 13.9. The fourth-order valence-electron chi connectivity index (χ4n) is 2.62. The van der Waals surface area contributed by atoms with Crippen molar-refractivity contribution in [2.75, 3.05) is 0 Å². The second-order valence-corrected chi connectivity index (χ2v) is 6.32. The molecule has 0 aliphatic carbocycles. The quantitative estimate of drug-likeness (QED) is 0.188. The monoisotopic (exact) mass is 343 g/mol. The number of aliphatic hydroxyl groups is 1. The molecule has 2 atom stereocenters. The van der Waals surface area contributed by atoms with E-state index in [1.807, 2.05) is 19.1 Å². The van der Waals surface area contributed by atoms with Gasteiger partial charge in [-0.1, -0.05) is 51.2 Å². The molecule has 0 aliphatic heterocycles. The Kier molecular flexibility index (Phi) is 14.2. The first kappa shape index (κ1) is 22.6. The van der Waals surface area contributed by atoms with Gasteiger partial charge in [-0.3, -0.25) is 14.9 Å². The van der Waals surface area contributed by atoms with E-state index in [4.69, 9.17) is 5.11 Å². The summed E-state index contributed by atoms with van der Waals surface area (Å²) in [5.74, 6) is -0.737. The van der Waals surface area contributed by atoms with Gasteiger partial charge in [0, 0.05) is 17.8 Å². The number of aliphatic carboxylic acids is 1. The molecule has 2 N–H and O–H groups in total. The lowest BCUT2D eigenvalue weighted by Crippen LogP contribution is -2.33. The van der Waals surface area contributed by atoms with Gasteiger partial charge in [-0.25, -0.2) is 0 Å². The first-order valence-corrected chi connectivity index (χ1v) is 9.17. The summed E-state index contributed by atoms with van der Waals surface area (Å²) < 4.78 is 0. The van der Waals surface area contributed by atoms with Crippen LogP contribution in [0, 0.1) is 10.1 Å². The van der Waals surface area contributed by atoms with Crippen molar-refractivity contribution in [1.82, 2.24) is 0 Å². The Morgan fingerprint density at radius 2 is 1.75 bits per heavy atom. The van der Waals surface area contributed by atoms with Gasteiger partial charge in [0.2, 0.25) is 6.04 Å². The highest BCUT2D eigenvalue weighted by Gasteiger charge is 2.27. The zero-order chi connectivity index (χ0) is 18.2. The van der Waals surface area contributed by atoms with Crippen LogP contribution in [0.3, 0.4) is 0 Å². The van der Waals surface area contributed by atoms with Gasteiger partial charge in [-0.15, -0.1) is 0 Å². The van der Waals surface area contributed by atoms with Crippen LogP contribution >= 0.6 is 0 Å². The summed E-state index contributed by atoms with van der Waals surface area (Å²) in [6, 6.07) is -0.865. The molecule has 6 heteroatoms. The zero-order valence-electron chi connectivity index (χ0n) is 14.9. The smallest absolute Gasteiger partial charge is 0.303 e. The number of rotatable bonds is 16. The number of hydrogen-bond donors (Lipinski definition) is 2. The molecule has 0 amide bonds. The largest absolute Gasteiger partial charge is 0.481 e. The molecule has 0 saturated heterocycles. The van der Waals surface area contributed by atoms with E-state index < -0.39 is 18.1 Å². The minimum Gasteiger partial charge on any atom is -0.481 e. The third-order valence-electron chi connectivity index (χ3n) is 4.12. The average molecular weight is 343 g/mol. The topological polar surface area (TPSA) is 101 Å². The maximum atomic E-state index is 11.0. The highest BCUT2D eigenvalue weighted by Crippen LogP contribution is 2.13. The SMILES string of the molecule is CCCCCC(C(O)C/C=C/CCCCCCCC(=O)O)[N+](=O)[O-]. The Hall–Kier alpha value is -1.43. The summed E-state index contributed by atoms with van der Waals surface area (Å²) in [7, 11) is 0. The zero-order valence-corrected chi connectivity index (χ0v) is 14.9. The minimum atomic E-state index is -0.913. The lowest BCUT2D eigenvalue weighted by Gasteiger charge is -2.14. The summed E-state index contributed by atoms with van der Waals surface area (Å²) in [6.07, 6.45) is 12.3. The van der Waals surface area contributed by atoms with Crippen LogP contribution in [0.15, 0.2) is 12.2 Å². The molecule has 0 aliphatic rings. The van der Waals surface area contributed by atoms with E-state index in [-0.39, 0.29) is 11.3 Å². The van der Waals surface area contributed by atoms with Crippen molar-refractivity contribution < 1.29 is 19.9 Å². The van der Waals surface area contributed by atoms with Gasteiger partial charge in [-0.05, 0) is 32.1 Å². The van der Waals surface area contributed by atoms with E-state index >= 15 is 0 Å². The lowest BCUT2D eigenvalue weighted by molar-refractivity contribution is -0.535. The molecule has 0 radical (unpaired) electrons. The number of nitro groups is 1. The van der Waals surface area contributed by atoms with E-state index in [9.17, 15) is 20.0 Å². The van der Waals surface area contributed by atoms with Crippen LogP contribution in [-0.2, 0) is 4.79 Å². The molecular weight excluding hydrogens is 310 g/mol. The molecule has 0 heterocycles. The molecule has 0 aromatic heterocycles. The first-order chi connectivity index (χ1) is 11.5. The Balaban J connectivity index is 3.75. The van der Waals surface area contributed by atoms with Crippen LogP contribution in [0.1, 0.15) is 84.0 Å². The van der Waals surface area contributed by atoms with E-state index in [0.29, 0.717) is 12.8 Å². The van der Waals surface area contributed by atoms with Crippen molar-refractivity contribution in [3.05, 3.63) is 22.3 Å². The van der Waals surface area contributed by atoms with Crippen molar-refractivity contribution in [3.8, 4) is 0 Å². The number of aliphatic hydroxyl groups excluding tert-OH is 1. The predicted octanol–water partition coefficient (Wildman–Crippen LogP) is 4.33. The van der Waals surface area contributed by atoms with Gasteiger partial charge in [0.1, 0.15) is 6.10 Å². The van der Waals surface area contributed by atoms with Gasteiger partial charge >= 0.3 is 5.97 Å².